The molecule has 2 fully saturated rings. The maximum atomic E-state index is 13.3. The van der Waals surface area contributed by atoms with E-state index in [2.05, 4.69) is 40.3 Å². The second-order valence-electron chi connectivity index (χ2n) is 7.86. The first-order valence-electron chi connectivity index (χ1n) is 9.41. The van der Waals surface area contributed by atoms with Crippen LogP contribution in [0.1, 0.15) is 36.8 Å². The molecule has 2 aliphatic heterocycles. The van der Waals surface area contributed by atoms with Gasteiger partial charge in [-0.1, -0.05) is 30.3 Å². The molecule has 2 aromatic carbocycles. The van der Waals surface area contributed by atoms with Crippen LogP contribution in [-0.4, -0.2) is 27.1 Å². The smallest absolute Gasteiger partial charge is 0.123 e. The summed E-state index contributed by atoms with van der Waals surface area (Å²) >= 11 is 0. The largest absolute Gasteiger partial charge is 0.385 e. The van der Waals surface area contributed by atoms with Crippen LogP contribution in [0, 0.1) is 5.82 Å². The van der Waals surface area contributed by atoms with Gasteiger partial charge < -0.3 is 10.1 Å². The number of benzene rings is 2. The Morgan fingerprint density at radius 1 is 1.04 bits per heavy atom. The van der Waals surface area contributed by atoms with E-state index in [0.29, 0.717) is 12.1 Å². The fraction of sp³-hybridized carbons (Fsp3) is 0.364. The van der Waals surface area contributed by atoms with Crippen molar-refractivity contribution in [1.29, 1.82) is 0 Å². The minimum atomic E-state index is -0.837. The Morgan fingerprint density at radius 3 is 2.46 bits per heavy atom. The second kappa shape index (κ2) is 5.93. The van der Waals surface area contributed by atoms with Crippen molar-refractivity contribution in [2.45, 2.75) is 49.9 Å². The summed E-state index contributed by atoms with van der Waals surface area (Å²) in [5.74, 6) is -0.253. The van der Waals surface area contributed by atoms with Gasteiger partial charge in [-0.3, -0.25) is 4.90 Å². The van der Waals surface area contributed by atoms with Crippen molar-refractivity contribution in [3.8, 4) is 0 Å². The lowest BCUT2D eigenvalue weighted by Crippen LogP contribution is -2.49. The van der Waals surface area contributed by atoms with E-state index in [4.69, 9.17) is 0 Å². The van der Waals surface area contributed by atoms with Gasteiger partial charge in [0, 0.05) is 35.7 Å². The zero-order chi connectivity index (χ0) is 17.7. The van der Waals surface area contributed by atoms with Crippen LogP contribution in [0.3, 0.4) is 0 Å². The van der Waals surface area contributed by atoms with Crippen molar-refractivity contribution in [3.63, 3.8) is 0 Å². The number of rotatable bonds is 3. The summed E-state index contributed by atoms with van der Waals surface area (Å²) in [5, 5.41) is 12.6. The number of aromatic nitrogens is 1. The Morgan fingerprint density at radius 2 is 1.73 bits per heavy atom. The molecule has 26 heavy (non-hydrogen) atoms. The van der Waals surface area contributed by atoms with Gasteiger partial charge in [0.05, 0.1) is 5.60 Å². The summed E-state index contributed by atoms with van der Waals surface area (Å²) < 4.78 is 13.3. The molecule has 4 heteroatoms. The molecule has 1 aromatic heterocycles. The van der Waals surface area contributed by atoms with Crippen molar-refractivity contribution in [2.75, 3.05) is 0 Å². The maximum Gasteiger partial charge on any atom is 0.123 e. The first kappa shape index (κ1) is 16.0. The highest BCUT2D eigenvalue weighted by Gasteiger charge is 2.48. The van der Waals surface area contributed by atoms with E-state index in [1.54, 1.807) is 12.1 Å². The minimum Gasteiger partial charge on any atom is -0.385 e. The molecule has 2 N–H and O–H groups in total. The lowest BCUT2D eigenvalue weighted by Gasteiger charge is -2.44. The van der Waals surface area contributed by atoms with Crippen molar-refractivity contribution in [1.82, 2.24) is 9.88 Å². The molecular formula is C22H23FN2O. The molecule has 3 aromatic rings. The Kier molecular flexibility index (Phi) is 3.66. The summed E-state index contributed by atoms with van der Waals surface area (Å²) in [6, 6.07) is 15.5. The van der Waals surface area contributed by atoms with E-state index in [-0.39, 0.29) is 5.82 Å². The number of nitrogens with one attached hydrogen (secondary N) is 1. The van der Waals surface area contributed by atoms with E-state index in [1.807, 2.05) is 0 Å². The quantitative estimate of drug-likeness (QED) is 0.738. The molecule has 2 saturated heterocycles. The molecule has 2 bridgehead atoms. The number of hydrogen-bond acceptors (Lipinski definition) is 2. The summed E-state index contributed by atoms with van der Waals surface area (Å²) in [6.45, 7) is 0.916. The SMILES string of the molecule is OC1(c2ccc(F)cc2)C[C@H]2CC[C@@H](C1)N2Cc1c[nH]c2ccccc12. The molecule has 0 aliphatic carbocycles. The first-order chi connectivity index (χ1) is 12.6. The highest BCUT2D eigenvalue weighted by molar-refractivity contribution is 5.82. The molecule has 5 rings (SSSR count). The van der Waals surface area contributed by atoms with Crippen LogP contribution >= 0.6 is 0 Å². The molecule has 2 aliphatic rings. The van der Waals surface area contributed by atoms with Crippen molar-refractivity contribution in [2.24, 2.45) is 0 Å². The molecule has 134 valence electrons. The van der Waals surface area contributed by atoms with Gasteiger partial charge in [-0.15, -0.1) is 0 Å². The van der Waals surface area contributed by atoms with Crippen LogP contribution in [0.25, 0.3) is 10.9 Å². The first-order valence-corrected chi connectivity index (χ1v) is 9.41. The molecule has 3 atom stereocenters. The van der Waals surface area contributed by atoms with Gasteiger partial charge in [-0.2, -0.15) is 0 Å². The summed E-state index contributed by atoms with van der Waals surface area (Å²) in [4.78, 5) is 5.93. The Labute approximate surface area is 152 Å². The molecule has 1 unspecified atom stereocenters. The highest BCUT2D eigenvalue weighted by atomic mass is 19.1. The third-order valence-electron chi connectivity index (χ3n) is 6.33. The summed E-state index contributed by atoms with van der Waals surface area (Å²) in [7, 11) is 0. The van der Waals surface area contributed by atoms with E-state index in [1.165, 1.54) is 28.6 Å². The predicted molar refractivity (Wildman–Crippen MR) is 100 cm³/mol. The van der Waals surface area contributed by atoms with Gasteiger partial charge in [0.15, 0.2) is 0 Å². The van der Waals surface area contributed by atoms with Crippen LogP contribution in [0.4, 0.5) is 4.39 Å². The van der Waals surface area contributed by atoms with Crippen molar-refractivity contribution < 1.29 is 9.50 Å². The number of para-hydroxylation sites is 1. The van der Waals surface area contributed by atoms with Crippen LogP contribution in [-0.2, 0) is 12.1 Å². The number of H-pyrrole nitrogens is 1. The Hall–Kier alpha value is -2.17. The fourth-order valence-electron chi connectivity index (χ4n) is 5.03. The number of fused-ring (bicyclic) bond motifs is 3. The molecular weight excluding hydrogens is 327 g/mol. The van der Waals surface area contributed by atoms with Gasteiger partial charge in [0.25, 0.3) is 0 Å². The van der Waals surface area contributed by atoms with E-state index >= 15 is 0 Å². The maximum absolute atomic E-state index is 13.3. The number of aliphatic hydroxyl groups is 1. The molecule has 0 saturated carbocycles. The fourth-order valence-corrected chi connectivity index (χ4v) is 5.03. The average molecular weight is 350 g/mol. The minimum absolute atomic E-state index is 0.253. The monoisotopic (exact) mass is 350 g/mol. The highest BCUT2D eigenvalue weighted by Crippen LogP contribution is 2.46. The predicted octanol–water partition coefficient (Wildman–Crippen LogP) is 4.32. The van der Waals surface area contributed by atoms with Gasteiger partial charge in [-0.05, 0) is 55.0 Å². The van der Waals surface area contributed by atoms with Crippen LogP contribution < -0.4 is 0 Å². The average Bonchev–Trinajstić information content (AvgIpc) is 3.16. The zero-order valence-electron chi connectivity index (χ0n) is 14.7. The number of aromatic amines is 1. The van der Waals surface area contributed by atoms with Gasteiger partial charge in [-0.25, -0.2) is 4.39 Å². The van der Waals surface area contributed by atoms with Crippen molar-refractivity contribution in [3.05, 3.63) is 71.7 Å². The summed E-state index contributed by atoms with van der Waals surface area (Å²) in [5.41, 5.74) is 2.51. The standard InChI is InChI=1S/C22H23FN2O/c23-17-7-5-16(6-8-17)22(26)11-18-9-10-19(12-22)25(18)14-15-13-24-21-4-2-1-3-20(15)21/h1-8,13,18-19,24,26H,9-12,14H2/t18-,19+,22?. The van der Waals surface area contributed by atoms with Gasteiger partial charge >= 0.3 is 0 Å². The van der Waals surface area contributed by atoms with Gasteiger partial charge in [0.2, 0.25) is 0 Å². The lowest BCUT2D eigenvalue weighted by atomic mass is 9.80. The third-order valence-corrected chi connectivity index (χ3v) is 6.33. The van der Waals surface area contributed by atoms with Gasteiger partial charge in [0.1, 0.15) is 5.82 Å². The van der Waals surface area contributed by atoms with Crippen LogP contribution in [0.2, 0.25) is 0 Å². The third kappa shape index (κ3) is 2.56. The lowest BCUT2D eigenvalue weighted by molar-refractivity contribution is -0.0594. The zero-order valence-corrected chi connectivity index (χ0v) is 14.7. The topological polar surface area (TPSA) is 39.3 Å². The number of nitrogens with zero attached hydrogens (tertiary/aromatic N) is 1. The van der Waals surface area contributed by atoms with Crippen LogP contribution in [0.5, 0.6) is 0 Å². The number of hydrogen-bond donors (Lipinski definition) is 2. The van der Waals surface area contributed by atoms with Crippen molar-refractivity contribution >= 4 is 10.9 Å². The molecule has 3 heterocycles. The summed E-state index contributed by atoms with van der Waals surface area (Å²) in [6.07, 6.45) is 5.80. The number of halogens is 1. The van der Waals surface area contributed by atoms with E-state index < -0.39 is 5.60 Å². The Bertz CT molecular complexity index is 919. The second-order valence-corrected chi connectivity index (χ2v) is 7.86. The molecule has 0 spiro atoms. The number of piperidine rings is 1. The normalized spacial score (nSPS) is 28.7. The van der Waals surface area contributed by atoms with E-state index in [9.17, 15) is 9.50 Å². The van der Waals surface area contributed by atoms with Crippen LogP contribution in [0.15, 0.2) is 54.7 Å². The molecule has 3 nitrogen and oxygen atoms in total. The molecule has 0 radical (unpaired) electrons. The Balaban J connectivity index is 1.40. The van der Waals surface area contributed by atoms with E-state index in [0.717, 1.165) is 37.8 Å². The molecule has 0 amide bonds.